The third-order valence-corrected chi connectivity index (χ3v) is 5.58. The third kappa shape index (κ3) is 4.27. The Balaban J connectivity index is 1.27. The fraction of sp³-hybridized carbons (Fsp3) is 0.261. The predicted molar refractivity (Wildman–Crippen MR) is 121 cm³/mol. The number of nitrogens with zero attached hydrogens (tertiary/aromatic N) is 7. The zero-order valence-corrected chi connectivity index (χ0v) is 18.2. The fourth-order valence-electron chi connectivity index (χ4n) is 3.78. The standard InChI is InChI=1S/C23H23N7O3/c1-32-19-9-7-18(8-10-19)30-22-20(26-27-30)21(24-16-25-22)28-11-13-29(14-12-28)23(31)33-15-17-5-3-2-4-6-17/h2-10,16H,11-15H2,1H3. The van der Waals surface area contributed by atoms with Gasteiger partial charge in [0, 0.05) is 26.2 Å². The molecule has 0 radical (unpaired) electrons. The SMILES string of the molecule is COc1ccc(-n2nnc3c(N4CCN(C(=O)OCc5ccccc5)CC4)ncnc32)cc1. The predicted octanol–water partition coefficient (Wildman–Crippen LogP) is 2.68. The molecule has 0 spiro atoms. The third-order valence-electron chi connectivity index (χ3n) is 5.58. The van der Waals surface area contributed by atoms with Crippen molar-refractivity contribution < 1.29 is 14.3 Å². The normalized spacial score (nSPS) is 13.8. The molecule has 1 saturated heterocycles. The van der Waals surface area contributed by atoms with E-state index in [0.717, 1.165) is 17.0 Å². The van der Waals surface area contributed by atoms with Crippen LogP contribution in [0.15, 0.2) is 60.9 Å². The fourth-order valence-corrected chi connectivity index (χ4v) is 3.78. The molecule has 0 bridgehead atoms. The summed E-state index contributed by atoms with van der Waals surface area (Å²) < 4.78 is 12.4. The average molecular weight is 445 g/mol. The monoisotopic (exact) mass is 445 g/mol. The Morgan fingerprint density at radius 2 is 1.73 bits per heavy atom. The van der Waals surface area contributed by atoms with E-state index in [9.17, 15) is 4.79 Å². The Kier molecular flexibility index (Phi) is 5.71. The molecule has 168 valence electrons. The molecule has 33 heavy (non-hydrogen) atoms. The van der Waals surface area contributed by atoms with Gasteiger partial charge in [0.1, 0.15) is 18.7 Å². The molecule has 0 atom stereocenters. The lowest BCUT2D eigenvalue weighted by Crippen LogP contribution is -2.49. The molecule has 0 aliphatic carbocycles. The number of methoxy groups -OCH3 is 1. The van der Waals surface area contributed by atoms with Gasteiger partial charge >= 0.3 is 6.09 Å². The highest BCUT2D eigenvalue weighted by molar-refractivity contribution is 5.83. The molecule has 0 N–H and O–H groups in total. The number of ether oxygens (including phenoxy) is 2. The maximum Gasteiger partial charge on any atom is 0.410 e. The summed E-state index contributed by atoms with van der Waals surface area (Å²) >= 11 is 0. The summed E-state index contributed by atoms with van der Waals surface area (Å²) in [4.78, 5) is 25.1. The van der Waals surface area contributed by atoms with E-state index in [2.05, 4.69) is 25.2 Å². The first-order valence-corrected chi connectivity index (χ1v) is 10.6. The van der Waals surface area contributed by atoms with Crippen molar-refractivity contribution in [2.75, 3.05) is 38.2 Å². The molecular formula is C23H23N7O3. The van der Waals surface area contributed by atoms with Crippen LogP contribution in [0.25, 0.3) is 16.9 Å². The molecule has 0 saturated carbocycles. The highest BCUT2D eigenvalue weighted by Crippen LogP contribution is 2.24. The molecule has 4 aromatic rings. The minimum Gasteiger partial charge on any atom is -0.497 e. The minimum absolute atomic E-state index is 0.265. The van der Waals surface area contributed by atoms with Crippen molar-refractivity contribution in [1.29, 1.82) is 0 Å². The van der Waals surface area contributed by atoms with Crippen molar-refractivity contribution in [3.8, 4) is 11.4 Å². The summed E-state index contributed by atoms with van der Waals surface area (Å²) in [5.41, 5.74) is 3.03. The van der Waals surface area contributed by atoms with Gasteiger partial charge in [-0.3, -0.25) is 0 Å². The van der Waals surface area contributed by atoms with Crippen LogP contribution in [0.3, 0.4) is 0 Å². The second kappa shape index (κ2) is 9.11. The molecule has 5 rings (SSSR count). The number of carbonyl (C=O) groups excluding carboxylic acids is 1. The van der Waals surface area contributed by atoms with Crippen molar-refractivity contribution >= 4 is 23.1 Å². The topological polar surface area (TPSA) is 98.5 Å². The quantitative estimate of drug-likeness (QED) is 0.462. The first-order chi connectivity index (χ1) is 16.2. The van der Waals surface area contributed by atoms with Gasteiger partial charge in [-0.05, 0) is 29.8 Å². The van der Waals surface area contributed by atoms with Gasteiger partial charge in [-0.25, -0.2) is 14.8 Å². The van der Waals surface area contributed by atoms with E-state index < -0.39 is 0 Å². The van der Waals surface area contributed by atoms with Crippen molar-refractivity contribution in [1.82, 2.24) is 29.9 Å². The number of fused-ring (bicyclic) bond motifs is 1. The summed E-state index contributed by atoms with van der Waals surface area (Å²) in [6.45, 7) is 2.56. The summed E-state index contributed by atoms with van der Waals surface area (Å²) in [6.07, 6.45) is 1.21. The van der Waals surface area contributed by atoms with Crippen molar-refractivity contribution in [3.05, 3.63) is 66.5 Å². The second-order valence-corrected chi connectivity index (χ2v) is 7.58. The smallest absolute Gasteiger partial charge is 0.410 e. The Morgan fingerprint density at radius 3 is 2.45 bits per heavy atom. The first-order valence-electron chi connectivity index (χ1n) is 10.6. The van der Waals surface area contributed by atoms with E-state index in [1.807, 2.05) is 54.6 Å². The van der Waals surface area contributed by atoms with E-state index >= 15 is 0 Å². The molecule has 10 nitrogen and oxygen atoms in total. The van der Waals surface area contributed by atoms with Gasteiger partial charge in [0.05, 0.1) is 12.8 Å². The van der Waals surface area contributed by atoms with Gasteiger partial charge < -0.3 is 19.3 Å². The van der Waals surface area contributed by atoms with E-state index in [-0.39, 0.29) is 12.7 Å². The average Bonchev–Trinajstić information content (AvgIpc) is 3.32. The Morgan fingerprint density at radius 1 is 0.970 bits per heavy atom. The molecule has 1 amide bonds. The first kappa shape index (κ1) is 20.7. The Labute approximate surface area is 190 Å². The van der Waals surface area contributed by atoms with Crippen molar-refractivity contribution in [2.45, 2.75) is 6.61 Å². The molecule has 1 aliphatic rings. The zero-order valence-electron chi connectivity index (χ0n) is 18.2. The highest BCUT2D eigenvalue weighted by atomic mass is 16.6. The number of piperazine rings is 1. The van der Waals surface area contributed by atoms with E-state index in [0.29, 0.717) is 43.2 Å². The van der Waals surface area contributed by atoms with Gasteiger partial charge in [-0.15, -0.1) is 5.10 Å². The molecule has 2 aromatic carbocycles. The number of carbonyl (C=O) groups is 1. The molecule has 0 unspecified atom stereocenters. The van der Waals surface area contributed by atoms with Gasteiger partial charge in [0.25, 0.3) is 0 Å². The van der Waals surface area contributed by atoms with Crippen LogP contribution in [0.4, 0.5) is 10.6 Å². The number of rotatable bonds is 5. The highest BCUT2D eigenvalue weighted by Gasteiger charge is 2.25. The van der Waals surface area contributed by atoms with E-state index in [1.165, 1.54) is 6.33 Å². The van der Waals surface area contributed by atoms with Gasteiger partial charge in [-0.2, -0.15) is 4.68 Å². The number of anilines is 1. The summed E-state index contributed by atoms with van der Waals surface area (Å²) in [5, 5.41) is 8.62. The second-order valence-electron chi connectivity index (χ2n) is 7.58. The van der Waals surface area contributed by atoms with Crippen LogP contribution in [-0.2, 0) is 11.3 Å². The minimum atomic E-state index is -0.309. The van der Waals surface area contributed by atoms with Gasteiger partial charge in [0.2, 0.25) is 0 Å². The molecule has 1 aliphatic heterocycles. The maximum absolute atomic E-state index is 12.5. The number of amides is 1. The summed E-state index contributed by atoms with van der Waals surface area (Å²) in [6, 6.07) is 17.2. The molecule has 10 heteroatoms. The number of aromatic nitrogens is 5. The summed E-state index contributed by atoms with van der Waals surface area (Å²) in [5.74, 6) is 1.47. The Bertz CT molecular complexity index is 1240. The molecule has 2 aromatic heterocycles. The number of hydrogen-bond donors (Lipinski definition) is 0. The van der Waals surface area contributed by atoms with Crippen LogP contribution in [0, 0.1) is 0 Å². The Hall–Kier alpha value is -4.21. The largest absolute Gasteiger partial charge is 0.497 e. The molecule has 3 heterocycles. The lowest BCUT2D eigenvalue weighted by molar-refractivity contribution is 0.0941. The molecule has 1 fully saturated rings. The lowest BCUT2D eigenvalue weighted by Gasteiger charge is -2.34. The van der Waals surface area contributed by atoms with Crippen LogP contribution >= 0.6 is 0 Å². The van der Waals surface area contributed by atoms with Crippen LogP contribution in [0.1, 0.15) is 5.56 Å². The van der Waals surface area contributed by atoms with Gasteiger partial charge in [-0.1, -0.05) is 35.5 Å². The van der Waals surface area contributed by atoms with Crippen LogP contribution in [-0.4, -0.2) is 69.2 Å². The number of hydrogen-bond acceptors (Lipinski definition) is 8. The van der Waals surface area contributed by atoms with Crippen LogP contribution < -0.4 is 9.64 Å². The lowest BCUT2D eigenvalue weighted by atomic mass is 10.2. The zero-order chi connectivity index (χ0) is 22.6. The number of benzene rings is 2. The van der Waals surface area contributed by atoms with Crippen molar-refractivity contribution in [3.63, 3.8) is 0 Å². The van der Waals surface area contributed by atoms with Crippen LogP contribution in [0.2, 0.25) is 0 Å². The van der Waals surface area contributed by atoms with E-state index in [1.54, 1.807) is 16.7 Å². The van der Waals surface area contributed by atoms with Gasteiger partial charge in [0.15, 0.2) is 17.0 Å². The maximum atomic E-state index is 12.5. The van der Waals surface area contributed by atoms with Crippen LogP contribution in [0.5, 0.6) is 5.75 Å². The summed E-state index contributed by atoms with van der Waals surface area (Å²) in [7, 11) is 1.63. The molecular weight excluding hydrogens is 422 g/mol. The van der Waals surface area contributed by atoms with Crippen molar-refractivity contribution in [2.24, 2.45) is 0 Å². The van der Waals surface area contributed by atoms with E-state index in [4.69, 9.17) is 9.47 Å².